The summed E-state index contributed by atoms with van der Waals surface area (Å²) in [4.78, 5) is 16.2. The third-order valence-corrected chi connectivity index (χ3v) is 3.25. The molecule has 1 N–H and O–H groups in total. The number of aliphatic imine (C=N–C) groups is 1. The van der Waals surface area contributed by atoms with Crippen LogP contribution >= 0.6 is 15.9 Å². The lowest BCUT2D eigenvalue weighted by atomic mass is 10.1. The van der Waals surface area contributed by atoms with Crippen LogP contribution in [0.3, 0.4) is 0 Å². The van der Waals surface area contributed by atoms with Crippen LogP contribution < -0.4 is 5.32 Å². The maximum absolute atomic E-state index is 14.0. The lowest BCUT2D eigenvalue weighted by Gasteiger charge is -2.05. The first-order valence-corrected chi connectivity index (χ1v) is 6.56. The van der Waals surface area contributed by atoms with Crippen LogP contribution in [0, 0.1) is 5.82 Å². The zero-order valence-corrected chi connectivity index (χ0v) is 11.7. The molecule has 0 radical (unpaired) electrons. The summed E-state index contributed by atoms with van der Waals surface area (Å²) in [6.45, 7) is 0. The van der Waals surface area contributed by atoms with Gasteiger partial charge in [0.2, 0.25) is 5.91 Å². The summed E-state index contributed by atoms with van der Waals surface area (Å²) in [7, 11) is 0. The van der Waals surface area contributed by atoms with Gasteiger partial charge in [0, 0.05) is 10.0 Å². The van der Waals surface area contributed by atoms with E-state index in [1.807, 2.05) is 0 Å². The molecule has 2 aromatic rings. The van der Waals surface area contributed by atoms with E-state index in [0.717, 1.165) is 0 Å². The summed E-state index contributed by atoms with van der Waals surface area (Å²) in [6, 6.07) is 4.61. The zero-order valence-electron chi connectivity index (χ0n) is 10.1. The number of carbonyl (C=O) groups excluding carboxylic acids is 1. The highest BCUT2D eigenvalue weighted by Gasteiger charge is 2.20. The Labute approximate surface area is 122 Å². The van der Waals surface area contributed by atoms with E-state index in [9.17, 15) is 9.18 Å². The molecule has 3 rings (SSSR count). The summed E-state index contributed by atoms with van der Waals surface area (Å²) in [5.74, 6) is -0.757. The molecule has 1 aromatic heterocycles. The van der Waals surface area contributed by atoms with E-state index in [1.54, 1.807) is 12.1 Å². The molecule has 0 aliphatic carbocycles. The molecule has 5 nitrogen and oxygen atoms in total. The van der Waals surface area contributed by atoms with E-state index >= 15 is 0 Å². The van der Waals surface area contributed by atoms with Gasteiger partial charge >= 0.3 is 0 Å². The van der Waals surface area contributed by atoms with E-state index in [4.69, 9.17) is 0 Å². The lowest BCUT2D eigenvalue weighted by molar-refractivity contribution is -0.115. The van der Waals surface area contributed by atoms with Gasteiger partial charge < -0.3 is 5.32 Å². The summed E-state index contributed by atoms with van der Waals surface area (Å²) >= 11 is 3.19. The van der Waals surface area contributed by atoms with E-state index in [1.165, 1.54) is 18.5 Å². The summed E-state index contributed by atoms with van der Waals surface area (Å²) in [5.41, 5.74) is 1.56. The molecule has 0 atom stereocenters. The Morgan fingerprint density at radius 2 is 2.15 bits per heavy atom. The summed E-state index contributed by atoms with van der Waals surface area (Å²) < 4.78 is 14.6. The number of hydrogen-bond acceptors (Lipinski definition) is 4. The number of rotatable bonds is 1. The molecule has 0 saturated heterocycles. The molecular weight excluding hydrogens is 327 g/mol. The number of halogens is 2. The van der Waals surface area contributed by atoms with Gasteiger partial charge in [-0.05, 0) is 18.2 Å². The fraction of sp³-hybridized carbons (Fsp3) is 0.0769. The average molecular weight is 335 g/mol. The first kappa shape index (κ1) is 12.9. The van der Waals surface area contributed by atoms with Crippen LogP contribution in [0.1, 0.15) is 12.0 Å². The highest BCUT2D eigenvalue weighted by atomic mass is 79.9. The number of anilines is 1. The lowest BCUT2D eigenvalue weighted by Crippen LogP contribution is -2.15. The quantitative estimate of drug-likeness (QED) is 0.871. The molecule has 0 bridgehead atoms. The molecule has 0 spiro atoms. The molecule has 1 aliphatic rings. The molecule has 0 saturated carbocycles. The second kappa shape index (κ2) is 5.09. The smallest absolute Gasteiger partial charge is 0.230 e. The van der Waals surface area contributed by atoms with Gasteiger partial charge in [-0.25, -0.2) is 9.38 Å². The predicted octanol–water partition coefficient (Wildman–Crippen LogP) is 2.84. The first-order chi connectivity index (χ1) is 9.63. The number of aromatic nitrogens is 2. The fourth-order valence-electron chi connectivity index (χ4n) is 1.92. The maximum Gasteiger partial charge on any atom is 0.230 e. The molecule has 1 aromatic carbocycles. The molecule has 100 valence electrons. The van der Waals surface area contributed by atoms with Gasteiger partial charge in [-0.2, -0.15) is 10.2 Å². The van der Waals surface area contributed by atoms with Gasteiger partial charge in [0.1, 0.15) is 5.69 Å². The van der Waals surface area contributed by atoms with Gasteiger partial charge in [0.05, 0.1) is 30.2 Å². The Hall–Kier alpha value is -2.15. The van der Waals surface area contributed by atoms with Crippen molar-refractivity contribution in [2.24, 2.45) is 4.99 Å². The molecule has 20 heavy (non-hydrogen) atoms. The van der Waals surface area contributed by atoms with Gasteiger partial charge in [0.15, 0.2) is 5.82 Å². The molecule has 1 amide bonds. The Kier molecular flexibility index (Phi) is 3.27. The number of amides is 1. The third-order valence-electron chi connectivity index (χ3n) is 2.79. The van der Waals surface area contributed by atoms with Crippen molar-refractivity contribution < 1.29 is 9.18 Å². The second-order valence-electron chi connectivity index (χ2n) is 4.20. The highest BCUT2D eigenvalue weighted by molar-refractivity contribution is 9.10. The van der Waals surface area contributed by atoms with E-state index in [-0.39, 0.29) is 18.0 Å². The number of nitrogens with one attached hydrogen (secondary N) is 1. The van der Waals surface area contributed by atoms with Crippen molar-refractivity contribution >= 4 is 38.9 Å². The van der Waals surface area contributed by atoms with Crippen LogP contribution in [-0.4, -0.2) is 21.8 Å². The van der Waals surface area contributed by atoms with Crippen LogP contribution in [0.4, 0.5) is 15.8 Å². The van der Waals surface area contributed by atoms with Gasteiger partial charge in [-0.1, -0.05) is 15.9 Å². The minimum atomic E-state index is -0.504. The van der Waals surface area contributed by atoms with Crippen molar-refractivity contribution in [2.75, 3.05) is 5.32 Å². The van der Waals surface area contributed by atoms with Crippen molar-refractivity contribution in [1.82, 2.24) is 10.2 Å². The SMILES string of the molecule is O=C1CC(c2ccnnc2)=Nc2c(F)cc(Br)cc2N1. The third kappa shape index (κ3) is 2.44. The largest absolute Gasteiger partial charge is 0.324 e. The number of carbonyl (C=O) groups is 1. The maximum atomic E-state index is 14.0. The molecular formula is C13H8BrFN4O. The molecule has 0 unspecified atom stereocenters. The van der Waals surface area contributed by atoms with Gasteiger partial charge in [-0.3, -0.25) is 4.79 Å². The zero-order chi connectivity index (χ0) is 14.1. The normalized spacial score (nSPS) is 14.1. The Bertz CT molecular complexity index is 718. The number of fused-ring (bicyclic) bond motifs is 1. The van der Waals surface area contributed by atoms with E-state index in [2.05, 4.69) is 36.4 Å². The van der Waals surface area contributed by atoms with Gasteiger partial charge in [-0.15, -0.1) is 0 Å². The van der Waals surface area contributed by atoms with Crippen molar-refractivity contribution in [3.63, 3.8) is 0 Å². The predicted molar refractivity (Wildman–Crippen MR) is 75.6 cm³/mol. The fourth-order valence-corrected chi connectivity index (χ4v) is 2.35. The van der Waals surface area contributed by atoms with Crippen LogP contribution in [0.2, 0.25) is 0 Å². The van der Waals surface area contributed by atoms with Crippen molar-refractivity contribution in [1.29, 1.82) is 0 Å². The van der Waals surface area contributed by atoms with Crippen LogP contribution in [0.5, 0.6) is 0 Å². The number of benzene rings is 1. The van der Waals surface area contributed by atoms with Crippen LogP contribution in [0.25, 0.3) is 0 Å². The summed E-state index contributed by atoms with van der Waals surface area (Å²) in [5, 5.41) is 10.1. The average Bonchev–Trinajstić information content (AvgIpc) is 2.58. The minimum Gasteiger partial charge on any atom is -0.324 e. The molecule has 2 heterocycles. The van der Waals surface area contributed by atoms with Crippen LogP contribution in [0.15, 0.2) is 40.1 Å². The standard InChI is InChI=1S/C13H8BrFN4O/c14-8-3-9(15)13-11(4-8)18-12(20)5-10(19-13)7-1-2-16-17-6-7/h1-4,6H,5H2,(H,18,20). The molecule has 1 aliphatic heterocycles. The topological polar surface area (TPSA) is 67.2 Å². The summed E-state index contributed by atoms with van der Waals surface area (Å²) in [6.07, 6.45) is 3.05. The van der Waals surface area contributed by atoms with Gasteiger partial charge in [0.25, 0.3) is 0 Å². The van der Waals surface area contributed by atoms with Crippen LogP contribution in [-0.2, 0) is 4.79 Å². The number of hydrogen-bond donors (Lipinski definition) is 1. The van der Waals surface area contributed by atoms with E-state index in [0.29, 0.717) is 21.4 Å². The highest BCUT2D eigenvalue weighted by Crippen LogP contribution is 2.34. The van der Waals surface area contributed by atoms with Crippen molar-refractivity contribution in [2.45, 2.75) is 6.42 Å². The molecule has 7 heteroatoms. The first-order valence-electron chi connectivity index (χ1n) is 5.77. The Morgan fingerprint density at radius 1 is 1.30 bits per heavy atom. The molecule has 0 fully saturated rings. The minimum absolute atomic E-state index is 0.0530. The Balaban J connectivity index is 2.17. The Morgan fingerprint density at radius 3 is 2.90 bits per heavy atom. The van der Waals surface area contributed by atoms with Crippen molar-refractivity contribution in [3.05, 3.63) is 46.4 Å². The van der Waals surface area contributed by atoms with E-state index < -0.39 is 5.82 Å². The second-order valence-corrected chi connectivity index (χ2v) is 5.11. The van der Waals surface area contributed by atoms with Crippen molar-refractivity contribution in [3.8, 4) is 0 Å². The number of nitrogens with zero attached hydrogens (tertiary/aromatic N) is 3. The monoisotopic (exact) mass is 334 g/mol.